The number of rotatable bonds is 8. The van der Waals surface area contributed by atoms with Crippen LogP contribution in [0.4, 0.5) is 13.2 Å². The molecule has 5 heteroatoms. The summed E-state index contributed by atoms with van der Waals surface area (Å²) in [6, 6.07) is 20.5. The van der Waals surface area contributed by atoms with E-state index in [1.54, 1.807) is 6.07 Å². The summed E-state index contributed by atoms with van der Waals surface area (Å²) < 4.78 is 38.6. The summed E-state index contributed by atoms with van der Waals surface area (Å²) in [6.07, 6.45) is -0.799. The summed E-state index contributed by atoms with van der Waals surface area (Å²) in [7, 11) is 0. The van der Waals surface area contributed by atoms with E-state index in [0.29, 0.717) is 6.42 Å². The molecule has 31 heavy (non-hydrogen) atoms. The van der Waals surface area contributed by atoms with Crippen LogP contribution in [0.5, 0.6) is 0 Å². The molecule has 0 aliphatic heterocycles. The minimum atomic E-state index is -4.04. The van der Waals surface area contributed by atoms with Crippen molar-refractivity contribution in [2.75, 3.05) is 13.1 Å². The predicted molar refractivity (Wildman–Crippen MR) is 120 cm³/mol. The minimum absolute atomic E-state index is 0.0575. The molecular weight excluding hydrogens is 397 g/mol. The van der Waals surface area contributed by atoms with Crippen molar-refractivity contribution in [2.45, 2.75) is 64.6 Å². The van der Waals surface area contributed by atoms with E-state index in [0.717, 1.165) is 38.0 Å². The smallest absolute Gasteiger partial charge is 0.299 e. The van der Waals surface area contributed by atoms with Crippen LogP contribution in [-0.2, 0) is 13.0 Å². The van der Waals surface area contributed by atoms with Crippen molar-refractivity contribution in [2.24, 2.45) is 5.92 Å². The molecule has 0 bridgehead atoms. The zero-order valence-electron chi connectivity index (χ0n) is 18.5. The number of benzene rings is 2. The van der Waals surface area contributed by atoms with Crippen LogP contribution in [0, 0.1) is 17.2 Å². The van der Waals surface area contributed by atoms with Crippen molar-refractivity contribution >= 4 is 0 Å². The lowest BCUT2D eigenvalue weighted by atomic mass is 9.94. The van der Waals surface area contributed by atoms with Crippen molar-refractivity contribution in [1.29, 1.82) is 5.26 Å². The lowest BCUT2D eigenvalue weighted by Crippen LogP contribution is -2.24. The third-order valence-corrected chi connectivity index (χ3v) is 5.98. The van der Waals surface area contributed by atoms with Gasteiger partial charge in [-0.25, -0.2) is 0 Å². The highest BCUT2D eigenvalue weighted by Crippen LogP contribution is 2.45. The van der Waals surface area contributed by atoms with E-state index in [1.165, 1.54) is 18.1 Å². The van der Waals surface area contributed by atoms with Gasteiger partial charge in [-0.05, 0) is 67.8 Å². The molecule has 2 unspecified atom stereocenters. The average molecular weight is 431 g/mol. The molecule has 1 aliphatic rings. The molecule has 0 radical (unpaired) electrons. The van der Waals surface area contributed by atoms with Gasteiger partial charge < -0.3 is 0 Å². The highest BCUT2D eigenvalue weighted by atomic mass is 19.4. The number of hydrogen-bond acceptors (Lipinski definition) is 2. The van der Waals surface area contributed by atoms with E-state index >= 15 is 0 Å². The van der Waals surface area contributed by atoms with Gasteiger partial charge in [0.05, 0.1) is 12.0 Å². The third-order valence-electron chi connectivity index (χ3n) is 5.98. The molecule has 168 valence electrons. The van der Waals surface area contributed by atoms with Gasteiger partial charge in [0.25, 0.3) is 0 Å². The zero-order chi connectivity index (χ0) is 22.7. The van der Waals surface area contributed by atoms with Crippen molar-refractivity contribution in [1.82, 2.24) is 4.90 Å². The number of halogens is 3. The number of alkyl halides is 3. The Morgan fingerprint density at radius 3 is 2.19 bits per heavy atom. The van der Waals surface area contributed by atoms with Gasteiger partial charge in [-0.1, -0.05) is 61.5 Å². The van der Waals surface area contributed by atoms with E-state index in [9.17, 15) is 13.2 Å². The zero-order valence-corrected chi connectivity index (χ0v) is 18.5. The monoisotopic (exact) mass is 430 g/mol. The number of aryl methyl sites for hydroxylation is 1. The molecule has 0 N–H and O–H groups in total. The van der Waals surface area contributed by atoms with Crippen molar-refractivity contribution in [3.63, 3.8) is 0 Å². The Kier molecular flexibility index (Phi) is 10.1. The molecule has 0 amide bonds. The van der Waals surface area contributed by atoms with Gasteiger partial charge in [0, 0.05) is 13.5 Å². The summed E-state index contributed by atoms with van der Waals surface area (Å²) in [6.45, 7) is 6.66. The molecule has 0 saturated heterocycles. The fourth-order valence-electron chi connectivity index (χ4n) is 4.24. The Bertz CT molecular complexity index is 794. The Morgan fingerprint density at radius 1 is 1.00 bits per heavy atom. The Morgan fingerprint density at radius 2 is 1.65 bits per heavy atom. The SMILES string of the molecule is CC#N.CCN(CCCc1ccc(C2CCC(C(F)(F)F)C2)cc1)Cc1ccccc1. The molecule has 1 aliphatic carbocycles. The lowest BCUT2D eigenvalue weighted by Gasteiger charge is -2.20. The third kappa shape index (κ3) is 8.38. The largest absolute Gasteiger partial charge is 0.391 e. The number of hydrogen-bond donors (Lipinski definition) is 0. The van der Waals surface area contributed by atoms with Gasteiger partial charge in [-0.3, -0.25) is 4.90 Å². The van der Waals surface area contributed by atoms with Gasteiger partial charge in [-0.2, -0.15) is 18.4 Å². The first-order valence-electron chi connectivity index (χ1n) is 11.1. The minimum Gasteiger partial charge on any atom is -0.299 e. The van der Waals surface area contributed by atoms with Gasteiger partial charge >= 0.3 is 6.18 Å². The maximum absolute atomic E-state index is 12.9. The van der Waals surface area contributed by atoms with E-state index < -0.39 is 12.1 Å². The number of nitrogens with zero attached hydrogens (tertiary/aromatic N) is 2. The molecule has 2 atom stereocenters. The fraction of sp³-hybridized carbons (Fsp3) is 0.500. The van der Waals surface area contributed by atoms with Crippen LogP contribution in [-0.4, -0.2) is 24.2 Å². The molecule has 1 fully saturated rings. The molecule has 2 nitrogen and oxygen atoms in total. The molecule has 1 saturated carbocycles. The Balaban J connectivity index is 0.00000107. The van der Waals surface area contributed by atoms with Gasteiger partial charge in [0.2, 0.25) is 0 Å². The Hall–Kier alpha value is -2.32. The van der Waals surface area contributed by atoms with E-state index in [-0.39, 0.29) is 18.8 Å². The molecule has 0 spiro atoms. The van der Waals surface area contributed by atoms with Crippen LogP contribution >= 0.6 is 0 Å². The first-order chi connectivity index (χ1) is 14.9. The second kappa shape index (κ2) is 12.5. The first kappa shape index (κ1) is 24.9. The first-order valence-corrected chi connectivity index (χ1v) is 11.1. The molecule has 2 aromatic rings. The van der Waals surface area contributed by atoms with Crippen LogP contribution in [0.2, 0.25) is 0 Å². The van der Waals surface area contributed by atoms with E-state index in [1.807, 2.05) is 18.2 Å². The quantitative estimate of drug-likeness (QED) is 0.446. The molecular formula is C26H33F3N2. The van der Waals surface area contributed by atoms with Crippen LogP contribution in [0.25, 0.3) is 0 Å². The van der Waals surface area contributed by atoms with Crippen molar-refractivity contribution in [3.05, 3.63) is 71.3 Å². The summed E-state index contributed by atoms with van der Waals surface area (Å²) in [5.41, 5.74) is 3.67. The van der Waals surface area contributed by atoms with Crippen molar-refractivity contribution in [3.8, 4) is 6.07 Å². The normalized spacial score (nSPS) is 18.4. The Labute approximate surface area is 184 Å². The summed E-state index contributed by atoms with van der Waals surface area (Å²) in [5, 5.41) is 7.32. The molecule has 0 aromatic heterocycles. The average Bonchev–Trinajstić information content (AvgIpc) is 3.26. The van der Waals surface area contributed by atoms with Crippen LogP contribution in [0.15, 0.2) is 54.6 Å². The van der Waals surface area contributed by atoms with E-state index in [2.05, 4.69) is 48.2 Å². The topological polar surface area (TPSA) is 27.0 Å². The summed E-state index contributed by atoms with van der Waals surface area (Å²) in [5.74, 6) is -1.07. The van der Waals surface area contributed by atoms with Crippen molar-refractivity contribution < 1.29 is 13.2 Å². The summed E-state index contributed by atoms with van der Waals surface area (Å²) in [4.78, 5) is 2.44. The molecule has 0 heterocycles. The van der Waals surface area contributed by atoms with Crippen LogP contribution < -0.4 is 0 Å². The van der Waals surface area contributed by atoms with Crippen LogP contribution in [0.3, 0.4) is 0 Å². The second-order valence-corrected chi connectivity index (χ2v) is 8.17. The predicted octanol–water partition coefficient (Wildman–Crippen LogP) is 7.12. The van der Waals surface area contributed by atoms with Gasteiger partial charge in [-0.15, -0.1) is 0 Å². The van der Waals surface area contributed by atoms with Gasteiger partial charge in [0.15, 0.2) is 0 Å². The standard InChI is InChI=1S/C24H30F3N.C2H3N/c1-2-28(18-20-7-4-3-5-8-20)16-6-9-19-10-12-21(13-11-19)22-14-15-23(17-22)24(25,26)27;1-2-3/h3-5,7-8,10-13,22-23H,2,6,9,14-18H2,1H3;1H3. The fourth-order valence-corrected chi connectivity index (χ4v) is 4.24. The highest BCUT2D eigenvalue weighted by molar-refractivity contribution is 5.26. The van der Waals surface area contributed by atoms with Gasteiger partial charge in [0.1, 0.15) is 0 Å². The molecule has 2 aromatic carbocycles. The molecule has 3 rings (SSSR count). The maximum atomic E-state index is 12.9. The maximum Gasteiger partial charge on any atom is 0.391 e. The lowest BCUT2D eigenvalue weighted by molar-refractivity contribution is -0.172. The second-order valence-electron chi connectivity index (χ2n) is 8.17. The summed E-state index contributed by atoms with van der Waals surface area (Å²) >= 11 is 0. The number of nitriles is 1. The van der Waals surface area contributed by atoms with Crippen LogP contribution in [0.1, 0.15) is 62.1 Å². The highest BCUT2D eigenvalue weighted by Gasteiger charge is 2.44. The van der Waals surface area contributed by atoms with E-state index in [4.69, 9.17) is 5.26 Å².